The van der Waals surface area contributed by atoms with Crippen LogP contribution in [0.4, 0.5) is 17.3 Å². The van der Waals surface area contributed by atoms with E-state index in [1.165, 1.54) is 31.4 Å². The van der Waals surface area contributed by atoms with Gasteiger partial charge in [0.05, 0.1) is 17.1 Å². The lowest BCUT2D eigenvalue weighted by molar-refractivity contribution is -0.384. The molecule has 0 aliphatic carbocycles. The molecule has 1 aliphatic rings. The Morgan fingerprint density at radius 3 is 2.67 bits per heavy atom. The van der Waals surface area contributed by atoms with Crippen LogP contribution in [-0.2, 0) is 0 Å². The Morgan fingerprint density at radius 2 is 2.05 bits per heavy atom. The number of piperidine rings is 1. The molecule has 1 aliphatic heterocycles. The summed E-state index contributed by atoms with van der Waals surface area (Å²) in [5.74, 6) is 6.03. The van der Waals surface area contributed by atoms with Crippen LogP contribution in [0.5, 0.6) is 0 Å². The molecule has 1 atom stereocenters. The summed E-state index contributed by atoms with van der Waals surface area (Å²) in [4.78, 5) is 17.0. The molecule has 1 aromatic rings. The number of nitrogen functional groups attached to an aromatic ring is 1. The van der Waals surface area contributed by atoms with Gasteiger partial charge in [-0.15, -0.1) is 0 Å². The van der Waals surface area contributed by atoms with E-state index in [1.54, 1.807) is 0 Å². The fraction of sp³-hybridized carbons (Fsp3) is 0.615. The Kier molecular flexibility index (Phi) is 5.29. The number of pyridine rings is 1. The standard InChI is InChI=1S/C13H22N6O2/c1-10(9-18-5-3-2-4-6-18)15-12-7-11(19(20)21)8-13(16-12)17-14/h7-8,10H,2-6,9,14H2,1H3,(H2,15,16,17). The molecule has 2 rings (SSSR count). The molecule has 2 heterocycles. The zero-order valence-corrected chi connectivity index (χ0v) is 12.2. The van der Waals surface area contributed by atoms with Crippen molar-refractivity contribution in [2.45, 2.75) is 32.2 Å². The second-order valence-electron chi connectivity index (χ2n) is 5.40. The maximum Gasteiger partial charge on any atom is 0.276 e. The average Bonchev–Trinajstić information content (AvgIpc) is 2.47. The van der Waals surface area contributed by atoms with Crippen LogP contribution >= 0.6 is 0 Å². The van der Waals surface area contributed by atoms with E-state index in [1.807, 2.05) is 6.92 Å². The van der Waals surface area contributed by atoms with Crippen molar-refractivity contribution in [3.63, 3.8) is 0 Å². The van der Waals surface area contributed by atoms with Gasteiger partial charge in [-0.05, 0) is 32.9 Å². The number of anilines is 2. The molecule has 0 radical (unpaired) electrons. The summed E-state index contributed by atoms with van der Waals surface area (Å²) in [6.07, 6.45) is 3.78. The molecule has 0 bridgehead atoms. The zero-order valence-electron chi connectivity index (χ0n) is 12.2. The molecule has 116 valence electrons. The number of hydrazine groups is 1. The molecule has 8 nitrogen and oxygen atoms in total. The van der Waals surface area contributed by atoms with Crippen LogP contribution in [0.3, 0.4) is 0 Å². The van der Waals surface area contributed by atoms with Crippen LogP contribution in [0.25, 0.3) is 0 Å². The molecular weight excluding hydrogens is 272 g/mol. The third-order valence-corrected chi connectivity index (χ3v) is 3.54. The van der Waals surface area contributed by atoms with Gasteiger partial charge in [-0.3, -0.25) is 10.1 Å². The SMILES string of the molecule is CC(CN1CCCCC1)Nc1cc([N+](=O)[O-])cc(NN)n1. The van der Waals surface area contributed by atoms with Crippen molar-refractivity contribution in [3.8, 4) is 0 Å². The van der Waals surface area contributed by atoms with E-state index in [2.05, 4.69) is 20.6 Å². The molecule has 0 aromatic carbocycles. The number of aromatic nitrogens is 1. The van der Waals surface area contributed by atoms with Gasteiger partial charge in [0.15, 0.2) is 0 Å². The minimum absolute atomic E-state index is 0.0365. The first-order valence-electron chi connectivity index (χ1n) is 7.20. The smallest absolute Gasteiger partial charge is 0.276 e. The van der Waals surface area contributed by atoms with Gasteiger partial charge < -0.3 is 15.6 Å². The first-order chi connectivity index (χ1) is 10.1. The highest BCUT2D eigenvalue weighted by Crippen LogP contribution is 2.20. The Hall–Kier alpha value is -1.93. The minimum Gasteiger partial charge on any atom is -0.366 e. The van der Waals surface area contributed by atoms with E-state index in [0.29, 0.717) is 5.82 Å². The molecule has 0 saturated carbocycles. The quantitative estimate of drug-likeness (QED) is 0.415. The van der Waals surface area contributed by atoms with Crippen LogP contribution < -0.4 is 16.6 Å². The first-order valence-corrected chi connectivity index (χ1v) is 7.20. The average molecular weight is 294 g/mol. The van der Waals surface area contributed by atoms with E-state index in [4.69, 9.17) is 5.84 Å². The molecular formula is C13H22N6O2. The van der Waals surface area contributed by atoms with Gasteiger partial charge in [0.1, 0.15) is 11.6 Å². The van der Waals surface area contributed by atoms with Gasteiger partial charge in [-0.1, -0.05) is 6.42 Å². The van der Waals surface area contributed by atoms with Crippen LogP contribution in [-0.4, -0.2) is 40.5 Å². The van der Waals surface area contributed by atoms with E-state index in [9.17, 15) is 10.1 Å². The van der Waals surface area contributed by atoms with Crippen molar-refractivity contribution < 1.29 is 4.92 Å². The summed E-state index contributed by atoms with van der Waals surface area (Å²) in [5.41, 5.74) is 2.31. The van der Waals surface area contributed by atoms with E-state index >= 15 is 0 Å². The highest BCUT2D eigenvalue weighted by molar-refractivity contribution is 5.54. The Labute approximate surface area is 123 Å². The molecule has 0 amide bonds. The van der Waals surface area contributed by atoms with Crippen molar-refractivity contribution in [3.05, 3.63) is 22.2 Å². The Balaban J connectivity index is 2.00. The third kappa shape index (κ3) is 4.54. The number of hydrogen-bond acceptors (Lipinski definition) is 7. The number of nitro groups is 1. The van der Waals surface area contributed by atoms with Gasteiger partial charge >= 0.3 is 0 Å². The summed E-state index contributed by atoms with van der Waals surface area (Å²) >= 11 is 0. The fourth-order valence-corrected chi connectivity index (χ4v) is 2.60. The molecule has 1 saturated heterocycles. The van der Waals surface area contributed by atoms with Crippen molar-refractivity contribution in [2.75, 3.05) is 30.4 Å². The molecule has 0 spiro atoms. The van der Waals surface area contributed by atoms with Gasteiger partial charge in [-0.2, -0.15) is 0 Å². The van der Waals surface area contributed by atoms with E-state index in [-0.39, 0.29) is 17.5 Å². The van der Waals surface area contributed by atoms with Gasteiger partial charge in [0.2, 0.25) is 0 Å². The van der Waals surface area contributed by atoms with Crippen molar-refractivity contribution >= 4 is 17.3 Å². The van der Waals surface area contributed by atoms with Crippen LogP contribution in [0.2, 0.25) is 0 Å². The minimum atomic E-state index is -0.455. The number of nitrogens with zero attached hydrogens (tertiary/aromatic N) is 3. The highest BCUT2D eigenvalue weighted by Gasteiger charge is 2.16. The monoisotopic (exact) mass is 294 g/mol. The third-order valence-electron chi connectivity index (χ3n) is 3.54. The predicted octanol–water partition coefficient (Wildman–Crippen LogP) is 1.56. The number of likely N-dealkylation sites (tertiary alicyclic amines) is 1. The van der Waals surface area contributed by atoms with Gasteiger partial charge in [0, 0.05) is 12.6 Å². The zero-order chi connectivity index (χ0) is 15.2. The number of nitrogens with one attached hydrogen (secondary N) is 2. The molecule has 1 aromatic heterocycles. The molecule has 1 unspecified atom stereocenters. The second kappa shape index (κ2) is 7.19. The number of hydrogen-bond donors (Lipinski definition) is 3. The highest BCUT2D eigenvalue weighted by atomic mass is 16.6. The number of nitrogens with two attached hydrogens (primary N) is 1. The van der Waals surface area contributed by atoms with Gasteiger partial charge in [-0.25, -0.2) is 10.8 Å². The number of rotatable bonds is 6. The topological polar surface area (TPSA) is 109 Å². The molecule has 8 heteroatoms. The second-order valence-corrected chi connectivity index (χ2v) is 5.40. The predicted molar refractivity (Wildman–Crippen MR) is 82.1 cm³/mol. The first kappa shape index (κ1) is 15.5. The summed E-state index contributed by atoms with van der Waals surface area (Å²) < 4.78 is 0. The normalized spacial score (nSPS) is 17.2. The van der Waals surface area contributed by atoms with Crippen LogP contribution in [0.1, 0.15) is 26.2 Å². The lowest BCUT2D eigenvalue weighted by Gasteiger charge is -2.29. The van der Waals surface area contributed by atoms with Crippen molar-refractivity contribution in [1.82, 2.24) is 9.88 Å². The maximum atomic E-state index is 10.9. The fourth-order valence-electron chi connectivity index (χ4n) is 2.60. The lowest BCUT2D eigenvalue weighted by atomic mass is 10.1. The van der Waals surface area contributed by atoms with Gasteiger partial charge in [0.25, 0.3) is 5.69 Å². The summed E-state index contributed by atoms with van der Waals surface area (Å²) in [7, 11) is 0. The van der Waals surface area contributed by atoms with E-state index < -0.39 is 4.92 Å². The van der Waals surface area contributed by atoms with Crippen LogP contribution in [0.15, 0.2) is 12.1 Å². The van der Waals surface area contributed by atoms with Crippen LogP contribution in [0, 0.1) is 10.1 Å². The molecule has 21 heavy (non-hydrogen) atoms. The lowest BCUT2D eigenvalue weighted by Crippen LogP contribution is -2.38. The summed E-state index contributed by atoms with van der Waals surface area (Å²) in [6, 6.07) is 2.89. The summed E-state index contributed by atoms with van der Waals surface area (Å²) in [6.45, 7) is 5.18. The summed E-state index contributed by atoms with van der Waals surface area (Å²) in [5, 5.41) is 14.1. The molecule has 1 fully saturated rings. The van der Waals surface area contributed by atoms with Crippen molar-refractivity contribution in [2.24, 2.45) is 5.84 Å². The molecule has 4 N–H and O–H groups in total. The van der Waals surface area contributed by atoms with Crippen molar-refractivity contribution in [1.29, 1.82) is 0 Å². The Bertz CT molecular complexity index is 490. The van der Waals surface area contributed by atoms with E-state index in [0.717, 1.165) is 19.6 Å². The Morgan fingerprint density at radius 1 is 1.38 bits per heavy atom. The largest absolute Gasteiger partial charge is 0.366 e. The maximum absolute atomic E-state index is 10.9.